The van der Waals surface area contributed by atoms with Crippen molar-refractivity contribution in [1.29, 1.82) is 0 Å². The Morgan fingerprint density at radius 3 is 2.71 bits per heavy atom. The molecule has 0 rings (SSSR count). The summed E-state index contributed by atoms with van der Waals surface area (Å²) in [6.45, 7) is -3.09. The van der Waals surface area contributed by atoms with Gasteiger partial charge in [0, 0.05) is 0 Å². The molecule has 0 saturated carbocycles. The van der Waals surface area contributed by atoms with Crippen LogP contribution < -0.4 is 0 Å². The molecule has 0 atom stereocenters. The Labute approximate surface area is 51.2 Å². The second-order valence-corrected chi connectivity index (χ2v) is 0.816. The lowest BCUT2D eigenvalue weighted by molar-refractivity contribution is -0.115. The fourth-order valence-corrected chi connectivity index (χ4v) is 0.105. The van der Waals surface area contributed by atoms with Gasteiger partial charge in [-0.2, -0.15) is 4.91 Å². The monoisotopic (exact) mass is 125 g/mol. The minimum Gasteiger partial charge on any atom is -0.296 e. The number of carbonyl (C=O) groups excluding carboxylic acids is 1. The van der Waals surface area contributed by atoms with Crippen molar-refractivity contribution in [2.75, 3.05) is 12.3 Å². The van der Waals surface area contributed by atoms with Gasteiger partial charge in [-0.1, -0.05) is 5.18 Å². The van der Waals surface area contributed by atoms with Crippen LogP contribution in [0.3, 0.4) is 0 Å². The van der Waals surface area contributed by atoms with Crippen LogP contribution >= 0.6 is 11.6 Å². The van der Waals surface area contributed by atoms with Crippen LogP contribution in [0.25, 0.3) is 0 Å². The maximum Gasteiger partial charge on any atom is 0.172 e. The van der Waals surface area contributed by atoms with Gasteiger partial charge in [0.25, 0.3) is 0 Å². The van der Waals surface area contributed by atoms with E-state index in [2.05, 4.69) is 0 Å². The fraction of sp³-hybridized carbons (Fsp3) is 0.667. The molecule has 0 aliphatic heterocycles. The van der Waals surface area contributed by atoms with E-state index >= 15 is 0 Å². The first-order chi connectivity index (χ1) is 4.72. The fourth-order valence-electron chi connectivity index (χ4n) is 0.0626. The zero-order chi connectivity index (χ0) is 9.28. The lowest BCUT2D eigenvalue weighted by Gasteiger charge is -1.78. The van der Waals surface area contributed by atoms with E-state index in [9.17, 15) is 9.70 Å². The van der Waals surface area contributed by atoms with Crippen molar-refractivity contribution >= 4 is 17.4 Å². The molecule has 4 heteroatoms. The Bertz CT molecular complexity index is 188. The normalized spacial score (nSPS) is 20.7. The van der Waals surface area contributed by atoms with Crippen LogP contribution in [0.5, 0.6) is 0 Å². The van der Waals surface area contributed by atoms with Crippen LogP contribution in [0, 0.1) is 4.91 Å². The van der Waals surface area contributed by atoms with E-state index in [1.54, 1.807) is 5.18 Å². The maximum atomic E-state index is 10.5. The molecule has 0 saturated heterocycles. The predicted octanol–water partition coefficient (Wildman–Crippen LogP) is 0.561. The SMILES string of the molecule is [2H]C([2H])(Cl)C(=O)C([2H])([2H])N=O. The van der Waals surface area contributed by atoms with Crippen molar-refractivity contribution in [3.8, 4) is 0 Å². The molecule has 0 fully saturated rings. The van der Waals surface area contributed by atoms with E-state index in [-0.39, 0.29) is 0 Å². The summed E-state index contributed by atoms with van der Waals surface area (Å²) in [6, 6.07) is 0. The minimum atomic E-state index is -3.09. The summed E-state index contributed by atoms with van der Waals surface area (Å²) < 4.78 is 26.2. The summed E-state index contributed by atoms with van der Waals surface area (Å²) in [5.41, 5.74) is 0. The third-order valence-corrected chi connectivity index (χ3v) is 0.405. The molecule has 3 nitrogen and oxygen atoms in total. The van der Waals surface area contributed by atoms with Gasteiger partial charge in [0.15, 0.2) is 5.78 Å². The van der Waals surface area contributed by atoms with Crippen LogP contribution in [0.1, 0.15) is 5.48 Å². The smallest absolute Gasteiger partial charge is 0.172 e. The number of carbonyl (C=O) groups is 1. The molecule has 0 heterocycles. The second-order valence-electron chi connectivity index (χ2n) is 0.627. The van der Waals surface area contributed by atoms with Crippen molar-refractivity contribution in [2.45, 2.75) is 0 Å². The van der Waals surface area contributed by atoms with Gasteiger partial charge in [-0.05, 0) is 0 Å². The van der Waals surface area contributed by atoms with Gasteiger partial charge in [-0.3, -0.25) is 4.79 Å². The van der Waals surface area contributed by atoms with E-state index < -0.39 is 18.1 Å². The average molecular weight is 126 g/mol. The summed E-state index contributed by atoms with van der Waals surface area (Å²) in [4.78, 5) is 20.2. The molecule has 0 aliphatic rings. The summed E-state index contributed by atoms with van der Waals surface area (Å²) in [7, 11) is 0. The standard InChI is InChI=1S/C3H4ClNO2/c4-1-3(6)2-5-7/h1-2H2/i1D2,2D2. The van der Waals surface area contributed by atoms with Gasteiger partial charge in [0.2, 0.25) is 0 Å². The van der Waals surface area contributed by atoms with E-state index in [1.807, 2.05) is 0 Å². The summed E-state index contributed by atoms with van der Waals surface area (Å²) in [5, 5.41) is 1.80. The van der Waals surface area contributed by atoms with Crippen LogP contribution in [0.15, 0.2) is 5.18 Å². The highest BCUT2D eigenvalue weighted by Gasteiger charge is 1.94. The van der Waals surface area contributed by atoms with Crippen molar-refractivity contribution in [3.63, 3.8) is 0 Å². The molecule has 0 unspecified atom stereocenters. The average Bonchev–Trinajstić information content (AvgIpc) is 1.84. The number of rotatable bonds is 3. The van der Waals surface area contributed by atoms with Crippen LogP contribution in [0.2, 0.25) is 0 Å². The van der Waals surface area contributed by atoms with Crippen LogP contribution in [0.4, 0.5) is 0 Å². The molecule has 0 amide bonds. The lowest BCUT2D eigenvalue weighted by atomic mass is 10.5. The number of hydrogen-bond donors (Lipinski definition) is 0. The quantitative estimate of drug-likeness (QED) is 0.409. The third kappa shape index (κ3) is 3.39. The van der Waals surface area contributed by atoms with Gasteiger partial charge in [-0.15, -0.1) is 11.6 Å². The Balaban J connectivity index is 4.63. The van der Waals surface area contributed by atoms with Crippen LogP contribution in [-0.4, -0.2) is 18.1 Å². The molecule has 7 heavy (non-hydrogen) atoms. The number of halogens is 1. The topological polar surface area (TPSA) is 46.5 Å². The Hall–Kier alpha value is -0.440. The highest BCUT2D eigenvalue weighted by atomic mass is 35.5. The summed E-state index contributed by atoms with van der Waals surface area (Å²) in [6.07, 6.45) is 0. The number of nitrogens with zero attached hydrogens (tertiary/aromatic N) is 1. The number of ketones is 1. The van der Waals surface area contributed by atoms with Gasteiger partial charge < -0.3 is 0 Å². The number of nitroso groups, excluding NO2 is 1. The predicted molar refractivity (Wildman–Crippen MR) is 26.4 cm³/mol. The number of hydrogen-bond acceptors (Lipinski definition) is 3. The van der Waals surface area contributed by atoms with E-state index in [1.165, 1.54) is 0 Å². The van der Waals surface area contributed by atoms with Crippen molar-refractivity contribution in [3.05, 3.63) is 4.91 Å². The van der Waals surface area contributed by atoms with Crippen LogP contribution in [-0.2, 0) is 4.79 Å². The van der Waals surface area contributed by atoms with Gasteiger partial charge in [-0.25, -0.2) is 0 Å². The molecule has 0 aromatic carbocycles. The number of alkyl halides is 1. The van der Waals surface area contributed by atoms with Crippen molar-refractivity contribution in [2.24, 2.45) is 5.18 Å². The third-order valence-electron chi connectivity index (χ3n) is 0.233. The Morgan fingerprint density at radius 1 is 2.00 bits per heavy atom. The van der Waals surface area contributed by atoms with Gasteiger partial charge in [0.05, 0.1) is 11.3 Å². The molecular weight excluding hydrogens is 117 g/mol. The Morgan fingerprint density at radius 2 is 2.57 bits per heavy atom. The van der Waals surface area contributed by atoms with E-state index in [0.29, 0.717) is 0 Å². The highest BCUT2D eigenvalue weighted by Crippen LogP contribution is 1.77. The zero-order valence-electron chi connectivity index (χ0n) is 7.14. The lowest BCUT2D eigenvalue weighted by Crippen LogP contribution is -2.01. The van der Waals surface area contributed by atoms with Gasteiger partial charge >= 0.3 is 0 Å². The first-order valence-electron chi connectivity index (χ1n) is 3.30. The second kappa shape index (κ2) is 3.74. The van der Waals surface area contributed by atoms with Crippen molar-refractivity contribution < 1.29 is 10.3 Å². The minimum absolute atomic E-state index is 1.69. The van der Waals surface area contributed by atoms with Crippen molar-refractivity contribution in [1.82, 2.24) is 0 Å². The van der Waals surface area contributed by atoms with Gasteiger partial charge in [0.1, 0.15) is 6.50 Å². The molecule has 0 aromatic heterocycles. The summed E-state index contributed by atoms with van der Waals surface area (Å²) in [5.74, 6) is -4.58. The molecule has 0 aliphatic carbocycles. The molecule has 0 radical (unpaired) electrons. The Kier molecular flexibility index (Phi) is 1.19. The molecule has 0 N–H and O–H groups in total. The molecule has 40 valence electrons. The first kappa shape index (κ1) is 2.22. The van der Waals surface area contributed by atoms with E-state index in [4.69, 9.17) is 17.1 Å². The molecule has 0 aromatic rings. The number of Topliss-reactive ketones (excluding diaryl/α,β-unsaturated/α-hetero) is 1. The summed E-state index contributed by atoms with van der Waals surface area (Å²) >= 11 is 4.79. The molecular formula is C3H4ClNO2. The molecule has 0 bridgehead atoms. The highest BCUT2D eigenvalue weighted by molar-refractivity contribution is 6.27. The zero-order valence-corrected chi connectivity index (χ0v) is 3.90. The van der Waals surface area contributed by atoms with E-state index in [0.717, 1.165) is 0 Å². The molecule has 0 spiro atoms. The largest absolute Gasteiger partial charge is 0.296 e. The maximum absolute atomic E-state index is 10.5. The first-order valence-corrected chi connectivity index (χ1v) is 1.68.